The Morgan fingerprint density at radius 3 is 2.34 bits per heavy atom. The third-order valence-electron chi connectivity index (χ3n) is 3.81. The molecular weight excluding hydrogens is 395 g/mol. The largest absolute Gasteiger partial charge is 0.494 e. The summed E-state index contributed by atoms with van der Waals surface area (Å²) in [6, 6.07) is 13.7. The number of para-hydroxylation sites is 1. The van der Waals surface area contributed by atoms with Crippen LogP contribution in [-0.4, -0.2) is 33.8 Å². The Morgan fingerprint density at radius 2 is 1.66 bits per heavy atom. The Bertz CT molecular complexity index is 905. The normalized spacial score (nSPS) is 10.7. The van der Waals surface area contributed by atoms with Crippen molar-refractivity contribution < 1.29 is 18.6 Å². The van der Waals surface area contributed by atoms with Crippen LogP contribution < -0.4 is 20.1 Å². The number of ether oxygens (including phenoxy) is 3. The zero-order valence-electron chi connectivity index (χ0n) is 16.1. The van der Waals surface area contributed by atoms with Crippen molar-refractivity contribution in [2.24, 2.45) is 0 Å². The number of nitrogens with two attached hydrogens (primary N) is 1. The lowest BCUT2D eigenvalue weighted by atomic mass is 10.3. The minimum Gasteiger partial charge on any atom is -0.494 e. The van der Waals surface area contributed by atoms with E-state index in [0.29, 0.717) is 29.9 Å². The molecule has 0 aliphatic heterocycles. The van der Waals surface area contributed by atoms with Crippen molar-refractivity contribution >= 4 is 11.8 Å². The number of hydrogen-bond donors (Lipinski definition) is 1. The molecule has 1 aromatic heterocycles. The molecule has 2 N–H and O–H groups in total. The van der Waals surface area contributed by atoms with Crippen LogP contribution in [0.1, 0.15) is 19.2 Å². The Morgan fingerprint density at radius 1 is 0.966 bits per heavy atom. The Balaban J connectivity index is 1.42. The minimum atomic E-state index is -0.438. The molecular formula is C20H23FN4O3S. The van der Waals surface area contributed by atoms with E-state index in [1.807, 2.05) is 24.3 Å². The standard InChI is InChI=1S/C20H23FN4O3S/c1-2-11-26-15-7-9-16(10-8-15)27-12-13-29-20-24-23-19(25(20)22)14-28-18-6-4-3-5-17(18)21/h3-10H,2,11-14,22H2,1H3. The molecule has 29 heavy (non-hydrogen) atoms. The van der Waals surface area contributed by atoms with Gasteiger partial charge in [0.15, 0.2) is 17.4 Å². The molecule has 0 saturated carbocycles. The molecule has 0 fully saturated rings. The van der Waals surface area contributed by atoms with E-state index in [4.69, 9.17) is 20.1 Å². The molecule has 0 radical (unpaired) electrons. The van der Waals surface area contributed by atoms with Crippen LogP contribution in [0, 0.1) is 5.82 Å². The third-order valence-corrected chi connectivity index (χ3v) is 4.72. The average Bonchev–Trinajstić information content (AvgIpc) is 3.09. The molecule has 0 saturated heterocycles. The highest BCUT2D eigenvalue weighted by Gasteiger charge is 2.12. The van der Waals surface area contributed by atoms with Gasteiger partial charge in [-0.05, 0) is 42.8 Å². The van der Waals surface area contributed by atoms with Crippen molar-refractivity contribution in [1.82, 2.24) is 14.9 Å². The second-order valence-electron chi connectivity index (χ2n) is 6.00. The summed E-state index contributed by atoms with van der Waals surface area (Å²) in [4.78, 5) is 0. The monoisotopic (exact) mass is 418 g/mol. The molecule has 3 aromatic rings. The summed E-state index contributed by atoms with van der Waals surface area (Å²) in [5, 5.41) is 8.57. The van der Waals surface area contributed by atoms with Gasteiger partial charge in [0.05, 0.1) is 13.2 Å². The van der Waals surface area contributed by atoms with Crippen molar-refractivity contribution in [2.75, 3.05) is 24.8 Å². The number of aromatic nitrogens is 3. The van der Waals surface area contributed by atoms with Crippen LogP contribution in [-0.2, 0) is 6.61 Å². The van der Waals surface area contributed by atoms with E-state index >= 15 is 0 Å². The molecule has 0 amide bonds. The fourth-order valence-corrected chi connectivity index (χ4v) is 3.04. The van der Waals surface area contributed by atoms with E-state index in [1.165, 1.54) is 22.5 Å². The van der Waals surface area contributed by atoms with Crippen LogP contribution in [0.2, 0.25) is 0 Å². The Hall–Kier alpha value is -2.94. The third kappa shape index (κ3) is 6.02. The molecule has 1 heterocycles. The van der Waals surface area contributed by atoms with Crippen molar-refractivity contribution in [1.29, 1.82) is 0 Å². The molecule has 0 bridgehead atoms. The summed E-state index contributed by atoms with van der Waals surface area (Å²) in [6.07, 6.45) is 0.970. The van der Waals surface area contributed by atoms with Crippen molar-refractivity contribution in [2.45, 2.75) is 25.1 Å². The molecule has 0 atom stereocenters. The summed E-state index contributed by atoms with van der Waals surface area (Å²) in [5.74, 6) is 8.34. The van der Waals surface area contributed by atoms with E-state index in [0.717, 1.165) is 17.9 Å². The van der Waals surface area contributed by atoms with Gasteiger partial charge in [0.1, 0.15) is 18.1 Å². The van der Waals surface area contributed by atoms with Crippen LogP contribution in [0.4, 0.5) is 4.39 Å². The number of nitrogens with zero attached hydrogens (tertiary/aromatic N) is 3. The number of thioether (sulfide) groups is 1. The molecule has 154 valence electrons. The summed E-state index contributed by atoms with van der Waals surface area (Å²) < 4.78 is 31.6. The van der Waals surface area contributed by atoms with Crippen molar-refractivity contribution in [3.63, 3.8) is 0 Å². The summed E-state index contributed by atoms with van der Waals surface area (Å²) >= 11 is 1.41. The summed E-state index contributed by atoms with van der Waals surface area (Å²) in [5.41, 5.74) is 0. The van der Waals surface area contributed by atoms with Crippen LogP contribution in [0.3, 0.4) is 0 Å². The number of rotatable bonds is 11. The maximum absolute atomic E-state index is 13.6. The second kappa shape index (κ2) is 10.6. The number of nitrogen functional groups attached to an aromatic ring is 1. The SMILES string of the molecule is CCCOc1ccc(OCCSc2nnc(COc3ccccc3F)n2N)cc1. The summed E-state index contributed by atoms with van der Waals surface area (Å²) in [6.45, 7) is 3.27. The lowest BCUT2D eigenvalue weighted by Gasteiger charge is -2.08. The van der Waals surface area contributed by atoms with Crippen LogP contribution in [0.15, 0.2) is 53.7 Å². The van der Waals surface area contributed by atoms with Gasteiger partial charge in [0.2, 0.25) is 5.16 Å². The molecule has 0 aliphatic carbocycles. The number of halogens is 1. The highest BCUT2D eigenvalue weighted by molar-refractivity contribution is 7.99. The smallest absolute Gasteiger partial charge is 0.210 e. The first-order chi connectivity index (χ1) is 14.2. The lowest BCUT2D eigenvalue weighted by molar-refractivity contribution is 0.277. The highest BCUT2D eigenvalue weighted by Crippen LogP contribution is 2.20. The van der Waals surface area contributed by atoms with E-state index in [2.05, 4.69) is 17.1 Å². The highest BCUT2D eigenvalue weighted by atomic mass is 32.2. The first-order valence-electron chi connectivity index (χ1n) is 9.22. The van der Waals surface area contributed by atoms with E-state index < -0.39 is 5.82 Å². The van der Waals surface area contributed by atoms with Gasteiger partial charge in [0, 0.05) is 5.75 Å². The van der Waals surface area contributed by atoms with Gasteiger partial charge in [-0.2, -0.15) is 0 Å². The number of hydrogen-bond acceptors (Lipinski definition) is 7. The van der Waals surface area contributed by atoms with Gasteiger partial charge in [-0.3, -0.25) is 0 Å². The van der Waals surface area contributed by atoms with E-state index in [1.54, 1.807) is 18.2 Å². The van der Waals surface area contributed by atoms with E-state index in [-0.39, 0.29) is 12.4 Å². The summed E-state index contributed by atoms with van der Waals surface area (Å²) in [7, 11) is 0. The van der Waals surface area contributed by atoms with Gasteiger partial charge in [0.25, 0.3) is 0 Å². The van der Waals surface area contributed by atoms with Crippen LogP contribution in [0.5, 0.6) is 17.2 Å². The van der Waals surface area contributed by atoms with Crippen LogP contribution >= 0.6 is 11.8 Å². The molecule has 9 heteroatoms. The molecule has 0 unspecified atom stereocenters. The fraction of sp³-hybridized carbons (Fsp3) is 0.300. The quantitative estimate of drug-likeness (QED) is 0.289. The molecule has 7 nitrogen and oxygen atoms in total. The number of benzene rings is 2. The maximum Gasteiger partial charge on any atom is 0.210 e. The average molecular weight is 418 g/mol. The Kier molecular flexibility index (Phi) is 7.57. The first-order valence-corrected chi connectivity index (χ1v) is 10.2. The Labute approximate surface area is 173 Å². The van der Waals surface area contributed by atoms with Crippen molar-refractivity contribution in [3.05, 3.63) is 60.2 Å². The molecule has 0 spiro atoms. The predicted molar refractivity (Wildman–Crippen MR) is 109 cm³/mol. The predicted octanol–water partition coefficient (Wildman–Crippen LogP) is 3.67. The van der Waals surface area contributed by atoms with Gasteiger partial charge in [-0.15, -0.1) is 10.2 Å². The lowest BCUT2D eigenvalue weighted by Crippen LogP contribution is -2.16. The van der Waals surface area contributed by atoms with Crippen molar-refractivity contribution in [3.8, 4) is 17.2 Å². The topological polar surface area (TPSA) is 84.4 Å². The zero-order valence-corrected chi connectivity index (χ0v) is 16.9. The van der Waals surface area contributed by atoms with E-state index in [9.17, 15) is 4.39 Å². The first kappa shape index (κ1) is 20.8. The molecule has 3 rings (SSSR count). The van der Waals surface area contributed by atoms with Gasteiger partial charge in [-0.25, -0.2) is 9.07 Å². The molecule has 0 aliphatic rings. The van der Waals surface area contributed by atoms with Gasteiger partial charge < -0.3 is 20.1 Å². The van der Waals surface area contributed by atoms with Crippen LogP contribution in [0.25, 0.3) is 0 Å². The zero-order chi connectivity index (χ0) is 20.5. The molecule has 2 aromatic carbocycles. The minimum absolute atomic E-state index is 0.0218. The fourth-order valence-electron chi connectivity index (χ4n) is 2.35. The second-order valence-corrected chi connectivity index (χ2v) is 7.07. The van der Waals surface area contributed by atoms with Gasteiger partial charge >= 0.3 is 0 Å². The van der Waals surface area contributed by atoms with Gasteiger partial charge in [-0.1, -0.05) is 30.8 Å². The maximum atomic E-state index is 13.6.